The van der Waals surface area contributed by atoms with Crippen molar-refractivity contribution in [2.75, 3.05) is 37.8 Å². The largest absolute Gasteiger partial charge is 0.384 e. The quantitative estimate of drug-likeness (QED) is 0.631. The fraction of sp³-hybridized carbons (Fsp3) is 0.412. The molecule has 2 N–H and O–H groups in total. The molecule has 0 saturated carbocycles. The van der Waals surface area contributed by atoms with Gasteiger partial charge < -0.3 is 10.6 Å². The molecule has 1 aromatic heterocycles. The minimum atomic E-state index is -3.34. The Kier molecular flexibility index (Phi) is 7.19. The molecule has 2 aromatic rings. The summed E-state index contributed by atoms with van der Waals surface area (Å²) in [4.78, 5) is 16.1. The Hall–Kier alpha value is -1.90. The van der Waals surface area contributed by atoms with E-state index in [0.717, 1.165) is 20.9 Å². The van der Waals surface area contributed by atoms with Crippen LogP contribution in [0.2, 0.25) is 5.02 Å². The maximum atomic E-state index is 11.8. The zero-order valence-electron chi connectivity index (χ0n) is 14.8. The number of carbonyl (C=O) groups is 1. The van der Waals surface area contributed by atoms with E-state index in [1.54, 1.807) is 13.1 Å². The van der Waals surface area contributed by atoms with Crippen LogP contribution in [0, 0.1) is 0 Å². The molecule has 0 unspecified atom stereocenters. The number of benzene rings is 1. The summed E-state index contributed by atoms with van der Waals surface area (Å²) in [7, 11) is -1.94. The number of halogens is 1. The normalized spacial score (nSPS) is 11.7. The third-order valence-electron chi connectivity index (χ3n) is 3.90. The highest BCUT2D eigenvalue weighted by Crippen LogP contribution is 2.24. The van der Waals surface area contributed by atoms with Gasteiger partial charge in [0, 0.05) is 42.4 Å². The van der Waals surface area contributed by atoms with Crippen molar-refractivity contribution in [1.82, 2.24) is 14.6 Å². The fourth-order valence-corrected chi connectivity index (χ4v) is 3.31. The van der Waals surface area contributed by atoms with Crippen molar-refractivity contribution in [3.8, 4) is 0 Å². The van der Waals surface area contributed by atoms with Crippen molar-refractivity contribution in [2.45, 2.75) is 13.3 Å². The van der Waals surface area contributed by atoms with E-state index in [2.05, 4.69) is 15.6 Å². The number of carbonyl (C=O) groups excluding carboxylic acids is 1. The molecule has 142 valence electrons. The Balaban J connectivity index is 1.77. The minimum Gasteiger partial charge on any atom is -0.384 e. The summed E-state index contributed by atoms with van der Waals surface area (Å²) in [6.07, 6.45) is 2.42. The van der Waals surface area contributed by atoms with Crippen LogP contribution in [-0.4, -0.2) is 56.0 Å². The van der Waals surface area contributed by atoms with E-state index in [9.17, 15) is 13.2 Å². The first-order chi connectivity index (χ1) is 12.3. The van der Waals surface area contributed by atoms with Gasteiger partial charge in [-0.3, -0.25) is 9.78 Å². The molecule has 1 aromatic carbocycles. The Morgan fingerprint density at radius 2 is 2.04 bits per heavy atom. The minimum absolute atomic E-state index is 0.0220. The van der Waals surface area contributed by atoms with Crippen molar-refractivity contribution in [3.63, 3.8) is 0 Å². The third kappa shape index (κ3) is 5.55. The van der Waals surface area contributed by atoms with Gasteiger partial charge in [-0.1, -0.05) is 11.6 Å². The zero-order valence-corrected chi connectivity index (χ0v) is 16.4. The number of nitrogens with one attached hydrogen (secondary N) is 2. The van der Waals surface area contributed by atoms with Crippen LogP contribution in [0.25, 0.3) is 10.9 Å². The molecular formula is C17H23ClN4O3S. The number of fused-ring (bicyclic) bond motifs is 1. The summed E-state index contributed by atoms with van der Waals surface area (Å²) in [5.74, 6) is -0.334. The lowest BCUT2D eigenvalue weighted by molar-refractivity contribution is -0.121. The van der Waals surface area contributed by atoms with Crippen LogP contribution in [0.1, 0.15) is 13.3 Å². The number of amides is 1. The average molecular weight is 399 g/mol. The van der Waals surface area contributed by atoms with Crippen molar-refractivity contribution in [2.24, 2.45) is 0 Å². The maximum Gasteiger partial charge on any atom is 0.235 e. The Morgan fingerprint density at radius 1 is 1.27 bits per heavy atom. The number of rotatable bonds is 9. The monoisotopic (exact) mass is 398 g/mol. The lowest BCUT2D eigenvalue weighted by Crippen LogP contribution is -2.39. The van der Waals surface area contributed by atoms with Crippen molar-refractivity contribution < 1.29 is 13.2 Å². The van der Waals surface area contributed by atoms with Crippen LogP contribution < -0.4 is 10.6 Å². The summed E-state index contributed by atoms with van der Waals surface area (Å²) < 4.78 is 24.3. The summed E-state index contributed by atoms with van der Waals surface area (Å²) in [6, 6.07) is 7.43. The van der Waals surface area contributed by atoms with Gasteiger partial charge in [-0.25, -0.2) is 8.42 Å². The van der Waals surface area contributed by atoms with Gasteiger partial charge in [-0.2, -0.15) is 4.31 Å². The van der Waals surface area contributed by atoms with Crippen LogP contribution in [0.4, 0.5) is 5.69 Å². The van der Waals surface area contributed by atoms with Crippen LogP contribution in [0.5, 0.6) is 0 Å². The number of sulfonamides is 1. The van der Waals surface area contributed by atoms with E-state index in [-0.39, 0.29) is 18.2 Å². The van der Waals surface area contributed by atoms with E-state index in [0.29, 0.717) is 24.5 Å². The lowest BCUT2D eigenvalue weighted by Gasteiger charge is -2.15. The topological polar surface area (TPSA) is 91.4 Å². The highest BCUT2D eigenvalue weighted by Gasteiger charge is 2.17. The van der Waals surface area contributed by atoms with Crippen LogP contribution >= 0.6 is 11.6 Å². The predicted octanol–water partition coefficient (Wildman–Crippen LogP) is 2.09. The lowest BCUT2D eigenvalue weighted by atomic mass is 10.2. The molecule has 9 heteroatoms. The number of hydrogen-bond acceptors (Lipinski definition) is 5. The molecule has 7 nitrogen and oxygen atoms in total. The number of hydrogen-bond donors (Lipinski definition) is 2. The summed E-state index contributed by atoms with van der Waals surface area (Å²) in [6.45, 7) is 2.50. The molecule has 0 aliphatic rings. The van der Waals surface area contributed by atoms with E-state index in [4.69, 9.17) is 11.6 Å². The van der Waals surface area contributed by atoms with Crippen LogP contribution in [-0.2, 0) is 14.8 Å². The molecule has 0 fully saturated rings. The van der Waals surface area contributed by atoms with Crippen LogP contribution in [0.15, 0.2) is 30.5 Å². The highest BCUT2D eigenvalue weighted by atomic mass is 35.5. The third-order valence-corrected chi connectivity index (χ3v) is 5.95. The van der Waals surface area contributed by atoms with Crippen molar-refractivity contribution >= 4 is 44.1 Å². The standard InChI is InChI=1S/C17H23ClN4O3S/c1-3-26(24,25)22(2)12-17(23)21-9-4-8-19-15-7-10-20-16-11-13(18)5-6-14(15)16/h5-7,10-11H,3-4,8-9,12H2,1-2H3,(H,19,20)(H,21,23). The molecule has 1 amide bonds. The molecule has 0 saturated heterocycles. The molecule has 26 heavy (non-hydrogen) atoms. The van der Waals surface area contributed by atoms with Gasteiger partial charge in [0.05, 0.1) is 17.8 Å². The highest BCUT2D eigenvalue weighted by molar-refractivity contribution is 7.89. The molecule has 0 aliphatic carbocycles. The van der Waals surface area contributed by atoms with E-state index < -0.39 is 10.0 Å². The second-order valence-electron chi connectivity index (χ2n) is 5.81. The number of nitrogens with zero attached hydrogens (tertiary/aromatic N) is 2. The summed E-state index contributed by atoms with van der Waals surface area (Å²) in [5, 5.41) is 7.66. The molecule has 0 atom stereocenters. The first kappa shape index (κ1) is 20.4. The van der Waals surface area contributed by atoms with Gasteiger partial charge in [0.25, 0.3) is 0 Å². The smallest absolute Gasteiger partial charge is 0.235 e. The maximum absolute atomic E-state index is 11.8. The second kappa shape index (κ2) is 9.16. The first-order valence-electron chi connectivity index (χ1n) is 8.32. The van der Waals surface area contributed by atoms with E-state index in [1.807, 2.05) is 24.3 Å². The van der Waals surface area contributed by atoms with Gasteiger partial charge in [0.1, 0.15) is 0 Å². The van der Waals surface area contributed by atoms with Gasteiger partial charge in [-0.05, 0) is 37.6 Å². The SMILES string of the molecule is CCS(=O)(=O)N(C)CC(=O)NCCCNc1ccnc2cc(Cl)ccc12. The molecular weight excluding hydrogens is 376 g/mol. The molecule has 0 radical (unpaired) electrons. The number of pyridine rings is 1. The Bertz CT molecular complexity index is 873. The fourth-order valence-electron chi connectivity index (χ4n) is 2.39. The molecule has 0 spiro atoms. The average Bonchev–Trinajstić information content (AvgIpc) is 2.61. The van der Waals surface area contributed by atoms with Crippen LogP contribution in [0.3, 0.4) is 0 Å². The van der Waals surface area contributed by atoms with Gasteiger partial charge in [0.15, 0.2) is 0 Å². The Morgan fingerprint density at radius 3 is 2.77 bits per heavy atom. The van der Waals surface area contributed by atoms with E-state index in [1.165, 1.54) is 7.05 Å². The zero-order chi connectivity index (χ0) is 19.2. The first-order valence-corrected chi connectivity index (χ1v) is 10.3. The molecule has 1 heterocycles. The van der Waals surface area contributed by atoms with Crippen molar-refractivity contribution in [1.29, 1.82) is 0 Å². The number of likely N-dealkylation sites (N-methyl/N-ethyl adjacent to an activating group) is 1. The molecule has 0 aliphatic heterocycles. The Labute approximate surface area is 158 Å². The number of aromatic nitrogens is 1. The number of anilines is 1. The van der Waals surface area contributed by atoms with Gasteiger partial charge >= 0.3 is 0 Å². The summed E-state index contributed by atoms with van der Waals surface area (Å²) in [5.41, 5.74) is 1.77. The van der Waals surface area contributed by atoms with Gasteiger partial charge in [0.2, 0.25) is 15.9 Å². The summed E-state index contributed by atoms with van der Waals surface area (Å²) >= 11 is 5.98. The van der Waals surface area contributed by atoms with Crippen molar-refractivity contribution in [3.05, 3.63) is 35.5 Å². The molecule has 2 rings (SSSR count). The van der Waals surface area contributed by atoms with Gasteiger partial charge in [-0.15, -0.1) is 0 Å². The van der Waals surface area contributed by atoms with E-state index >= 15 is 0 Å². The predicted molar refractivity (Wildman–Crippen MR) is 105 cm³/mol. The molecule has 0 bridgehead atoms. The second-order valence-corrected chi connectivity index (χ2v) is 8.61.